The molecule has 0 atom stereocenters. The molecule has 0 saturated heterocycles. The number of furan rings is 1. The second-order valence-corrected chi connectivity index (χ2v) is 8.80. The SMILES string of the molecule is Cc1ccc(OCC(=O)c2ccc3c(c2)N(Cc2ccc(C(=O)NC(C)C)o2)C(=O)CO3)cc1C. The molecule has 0 saturated carbocycles. The molecule has 0 aliphatic carbocycles. The van der Waals surface area contributed by atoms with Gasteiger partial charge in [0.25, 0.3) is 11.8 Å². The summed E-state index contributed by atoms with van der Waals surface area (Å²) in [4.78, 5) is 39.2. The van der Waals surface area contributed by atoms with Crippen LogP contribution in [0.2, 0.25) is 0 Å². The van der Waals surface area contributed by atoms with Gasteiger partial charge in [-0.05, 0) is 81.3 Å². The van der Waals surface area contributed by atoms with E-state index in [1.807, 2.05) is 45.9 Å². The Kier molecular flexibility index (Phi) is 6.91. The molecule has 35 heavy (non-hydrogen) atoms. The summed E-state index contributed by atoms with van der Waals surface area (Å²) in [5.74, 6) is 0.886. The Morgan fingerprint density at radius 3 is 2.60 bits per heavy atom. The van der Waals surface area contributed by atoms with Crippen molar-refractivity contribution in [1.82, 2.24) is 5.32 Å². The van der Waals surface area contributed by atoms with Crippen LogP contribution in [0.5, 0.6) is 11.5 Å². The molecule has 182 valence electrons. The number of nitrogens with zero attached hydrogens (tertiary/aromatic N) is 1. The van der Waals surface area contributed by atoms with Gasteiger partial charge in [-0.3, -0.25) is 19.3 Å². The van der Waals surface area contributed by atoms with Gasteiger partial charge in [0.05, 0.1) is 12.2 Å². The number of rotatable bonds is 8. The highest BCUT2D eigenvalue weighted by molar-refractivity contribution is 6.02. The third-order valence-corrected chi connectivity index (χ3v) is 5.69. The fourth-order valence-corrected chi connectivity index (χ4v) is 3.66. The summed E-state index contributed by atoms with van der Waals surface area (Å²) in [5, 5.41) is 2.77. The van der Waals surface area contributed by atoms with E-state index in [2.05, 4.69) is 5.32 Å². The lowest BCUT2D eigenvalue weighted by molar-refractivity contribution is -0.121. The largest absolute Gasteiger partial charge is 0.485 e. The minimum absolute atomic E-state index is 0.0290. The van der Waals surface area contributed by atoms with Crippen molar-refractivity contribution in [3.63, 3.8) is 0 Å². The number of aryl methyl sites for hydroxylation is 2. The first-order valence-electron chi connectivity index (χ1n) is 11.4. The van der Waals surface area contributed by atoms with Crippen LogP contribution in [0, 0.1) is 13.8 Å². The van der Waals surface area contributed by atoms with Crippen molar-refractivity contribution in [3.8, 4) is 11.5 Å². The molecule has 0 fully saturated rings. The second-order valence-electron chi connectivity index (χ2n) is 8.80. The van der Waals surface area contributed by atoms with E-state index in [0.29, 0.717) is 28.5 Å². The fraction of sp³-hybridized carbons (Fsp3) is 0.296. The van der Waals surface area contributed by atoms with E-state index in [9.17, 15) is 14.4 Å². The summed E-state index contributed by atoms with van der Waals surface area (Å²) in [6.07, 6.45) is 0. The van der Waals surface area contributed by atoms with Crippen LogP contribution in [0.25, 0.3) is 0 Å². The molecular weight excluding hydrogens is 448 g/mol. The number of ketones is 1. The van der Waals surface area contributed by atoms with Crippen LogP contribution < -0.4 is 19.7 Å². The smallest absolute Gasteiger partial charge is 0.287 e. The highest BCUT2D eigenvalue weighted by Gasteiger charge is 2.28. The number of carbonyl (C=O) groups is 3. The van der Waals surface area contributed by atoms with E-state index < -0.39 is 0 Å². The average molecular weight is 477 g/mol. The Morgan fingerprint density at radius 2 is 1.86 bits per heavy atom. The number of Topliss-reactive ketones (excluding diaryl/α,β-unsaturated/α-hetero) is 1. The molecule has 1 N–H and O–H groups in total. The number of nitrogens with one attached hydrogen (secondary N) is 1. The van der Waals surface area contributed by atoms with E-state index in [1.165, 1.54) is 4.90 Å². The molecular formula is C27H28N2O6. The monoisotopic (exact) mass is 476 g/mol. The Bertz CT molecular complexity index is 1280. The predicted octanol–water partition coefficient (Wildman–Crippen LogP) is 4.22. The van der Waals surface area contributed by atoms with Gasteiger partial charge in [0, 0.05) is 11.6 Å². The molecule has 2 amide bonds. The van der Waals surface area contributed by atoms with Crippen LogP contribution in [0.4, 0.5) is 5.69 Å². The van der Waals surface area contributed by atoms with Crippen LogP contribution in [0.15, 0.2) is 52.9 Å². The highest BCUT2D eigenvalue weighted by atomic mass is 16.5. The van der Waals surface area contributed by atoms with Crippen LogP contribution in [0.1, 0.15) is 51.6 Å². The van der Waals surface area contributed by atoms with E-state index in [1.54, 1.807) is 30.3 Å². The van der Waals surface area contributed by atoms with E-state index in [0.717, 1.165) is 11.1 Å². The van der Waals surface area contributed by atoms with Crippen LogP contribution in [0.3, 0.4) is 0 Å². The first kappa shape index (κ1) is 24.1. The first-order chi connectivity index (χ1) is 16.7. The third kappa shape index (κ3) is 5.54. The Morgan fingerprint density at radius 1 is 1.06 bits per heavy atom. The molecule has 1 aliphatic heterocycles. The zero-order chi connectivity index (χ0) is 25.1. The van der Waals surface area contributed by atoms with Gasteiger partial charge in [-0.25, -0.2) is 0 Å². The Balaban J connectivity index is 1.50. The quantitative estimate of drug-likeness (QED) is 0.489. The highest BCUT2D eigenvalue weighted by Crippen LogP contribution is 2.34. The summed E-state index contributed by atoms with van der Waals surface area (Å²) in [5.41, 5.74) is 3.08. The van der Waals surface area contributed by atoms with E-state index in [-0.39, 0.29) is 49.2 Å². The van der Waals surface area contributed by atoms with Crippen molar-refractivity contribution in [2.45, 2.75) is 40.3 Å². The lowest BCUT2D eigenvalue weighted by Crippen LogP contribution is -2.38. The van der Waals surface area contributed by atoms with Gasteiger partial charge in [0.1, 0.15) is 17.3 Å². The first-order valence-corrected chi connectivity index (χ1v) is 11.4. The third-order valence-electron chi connectivity index (χ3n) is 5.69. The molecule has 8 nitrogen and oxygen atoms in total. The zero-order valence-corrected chi connectivity index (χ0v) is 20.2. The van der Waals surface area contributed by atoms with Crippen molar-refractivity contribution in [3.05, 3.63) is 76.7 Å². The number of amides is 2. The standard InChI is InChI=1S/C27H28N2O6/c1-16(2)28-27(32)25-10-8-21(35-25)13-29-22-12-19(6-9-24(22)34-15-26(29)31)23(30)14-33-20-7-5-17(3)18(4)11-20/h5-12,16H,13-15H2,1-4H3,(H,28,32). The van der Waals surface area contributed by atoms with Gasteiger partial charge >= 0.3 is 0 Å². The summed E-state index contributed by atoms with van der Waals surface area (Å²) < 4.78 is 16.9. The molecule has 4 rings (SSSR count). The maximum absolute atomic E-state index is 12.8. The zero-order valence-electron chi connectivity index (χ0n) is 20.2. The van der Waals surface area contributed by atoms with Crippen LogP contribution in [-0.2, 0) is 11.3 Å². The van der Waals surface area contributed by atoms with Gasteiger partial charge in [-0.15, -0.1) is 0 Å². The number of ether oxygens (including phenoxy) is 2. The van der Waals surface area contributed by atoms with Crippen molar-refractivity contribution >= 4 is 23.3 Å². The van der Waals surface area contributed by atoms with Crippen molar-refractivity contribution in [1.29, 1.82) is 0 Å². The molecule has 2 aromatic carbocycles. The molecule has 1 aliphatic rings. The summed E-state index contributed by atoms with van der Waals surface area (Å²) in [6, 6.07) is 13.8. The molecule has 0 radical (unpaired) electrons. The van der Waals surface area contributed by atoms with Gasteiger partial charge in [-0.1, -0.05) is 6.07 Å². The van der Waals surface area contributed by atoms with Gasteiger partial charge in [-0.2, -0.15) is 0 Å². The topological polar surface area (TPSA) is 98.1 Å². The number of hydrogen-bond acceptors (Lipinski definition) is 6. The number of fused-ring (bicyclic) bond motifs is 1. The van der Waals surface area contributed by atoms with E-state index >= 15 is 0 Å². The predicted molar refractivity (Wildman–Crippen MR) is 130 cm³/mol. The maximum atomic E-state index is 12.8. The van der Waals surface area contributed by atoms with Gasteiger partial charge in [0.15, 0.2) is 24.8 Å². The van der Waals surface area contributed by atoms with Crippen molar-refractivity contribution in [2.24, 2.45) is 0 Å². The molecule has 2 heterocycles. The molecule has 8 heteroatoms. The number of benzene rings is 2. The maximum Gasteiger partial charge on any atom is 0.287 e. The molecule has 3 aromatic rings. The molecule has 1 aromatic heterocycles. The summed E-state index contributed by atoms with van der Waals surface area (Å²) >= 11 is 0. The minimum Gasteiger partial charge on any atom is -0.485 e. The fourth-order valence-electron chi connectivity index (χ4n) is 3.66. The molecule has 0 spiro atoms. The van der Waals surface area contributed by atoms with Crippen molar-refractivity contribution < 1.29 is 28.3 Å². The minimum atomic E-state index is -0.323. The van der Waals surface area contributed by atoms with E-state index in [4.69, 9.17) is 13.9 Å². The molecule has 0 unspecified atom stereocenters. The van der Waals surface area contributed by atoms with Crippen LogP contribution >= 0.6 is 0 Å². The number of anilines is 1. The summed E-state index contributed by atoms with van der Waals surface area (Å²) in [6.45, 7) is 7.54. The van der Waals surface area contributed by atoms with Crippen molar-refractivity contribution in [2.75, 3.05) is 18.1 Å². The molecule has 0 bridgehead atoms. The second kappa shape index (κ2) is 10.0. The normalized spacial score (nSPS) is 12.8. The lowest BCUT2D eigenvalue weighted by atomic mass is 10.1. The lowest BCUT2D eigenvalue weighted by Gasteiger charge is -2.29. The van der Waals surface area contributed by atoms with Crippen LogP contribution in [-0.4, -0.2) is 36.9 Å². The van der Waals surface area contributed by atoms with Gasteiger partial charge < -0.3 is 19.2 Å². The Hall–Kier alpha value is -4.07. The van der Waals surface area contributed by atoms with Gasteiger partial charge in [0.2, 0.25) is 0 Å². The number of hydrogen-bond donors (Lipinski definition) is 1. The summed E-state index contributed by atoms with van der Waals surface area (Å²) in [7, 11) is 0. The number of carbonyl (C=O) groups excluding carboxylic acids is 3. The Labute approximate surface area is 203 Å². The average Bonchev–Trinajstić information content (AvgIpc) is 3.30.